The van der Waals surface area contributed by atoms with E-state index in [-0.39, 0.29) is 12.4 Å². The van der Waals surface area contributed by atoms with Gasteiger partial charge in [0.25, 0.3) is 0 Å². The van der Waals surface area contributed by atoms with E-state index in [0.29, 0.717) is 34.0 Å². The molecule has 2 heterocycles. The quantitative estimate of drug-likeness (QED) is 0.550. The molecular weight excluding hydrogens is 321 g/mol. The van der Waals surface area contributed by atoms with Gasteiger partial charge in [-0.15, -0.1) is 0 Å². The van der Waals surface area contributed by atoms with Crippen molar-refractivity contribution in [3.63, 3.8) is 0 Å². The van der Waals surface area contributed by atoms with E-state index in [2.05, 4.69) is 20.4 Å². The Morgan fingerprint density at radius 3 is 2.96 bits per heavy atom. The minimum absolute atomic E-state index is 0.248. The predicted molar refractivity (Wildman–Crippen MR) is 96.9 cm³/mol. The molecule has 0 fully saturated rings. The van der Waals surface area contributed by atoms with E-state index in [0.717, 1.165) is 5.39 Å². The van der Waals surface area contributed by atoms with Gasteiger partial charge in [0.1, 0.15) is 24.5 Å². The summed E-state index contributed by atoms with van der Waals surface area (Å²) in [6.45, 7) is 2.03. The Kier molecular flexibility index (Phi) is 4.74. The number of pyridine rings is 2. The van der Waals surface area contributed by atoms with Crippen LogP contribution in [0.25, 0.3) is 10.9 Å². The number of rotatable bonds is 5. The first-order chi connectivity index (χ1) is 12.1. The lowest BCUT2D eigenvalue weighted by Gasteiger charge is -2.11. The number of halogens is 1. The third-order valence-electron chi connectivity index (χ3n) is 3.74. The molecular formula is C18H18FN5O. The zero-order valence-electron chi connectivity index (χ0n) is 14.0. The molecule has 25 heavy (non-hydrogen) atoms. The fraction of sp³-hybridized carbons (Fsp3) is 0.167. The number of oxime groups is 1. The van der Waals surface area contributed by atoms with Gasteiger partial charge in [-0.3, -0.25) is 4.98 Å². The van der Waals surface area contributed by atoms with Crippen LogP contribution in [0.4, 0.5) is 15.9 Å². The average Bonchev–Trinajstić information content (AvgIpc) is 2.61. The number of aromatic nitrogens is 2. The van der Waals surface area contributed by atoms with Crippen molar-refractivity contribution in [1.29, 1.82) is 0 Å². The van der Waals surface area contributed by atoms with Gasteiger partial charge in [-0.1, -0.05) is 11.2 Å². The summed E-state index contributed by atoms with van der Waals surface area (Å²) >= 11 is 0. The van der Waals surface area contributed by atoms with Gasteiger partial charge in [0.05, 0.1) is 16.9 Å². The smallest absolute Gasteiger partial charge is 0.150 e. The van der Waals surface area contributed by atoms with Crippen molar-refractivity contribution in [1.82, 2.24) is 9.97 Å². The number of nitrogen functional groups attached to an aromatic ring is 1. The number of hydrogen-bond acceptors (Lipinski definition) is 6. The minimum Gasteiger partial charge on any atom is -0.399 e. The predicted octanol–water partition coefficient (Wildman–Crippen LogP) is 3.33. The largest absolute Gasteiger partial charge is 0.399 e. The SMILES string of the molecule is CO/N=C(/C)c1ccc(N)c(NCc2cc3cccnc3cc2F)n1. The van der Waals surface area contributed by atoms with Crippen LogP contribution in [0, 0.1) is 5.82 Å². The van der Waals surface area contributed by atoms with Crippen molar-refractivity contribution in [2.75, 3.05) is 18.2 Å². The molecule has 0 aliphatic rings. The number of nitrogens with one attached hydrogen (secondary N) is 1. The van der Waals surface area contributed by atoms with Crippen LogP contribution in [0.5, 0.6) is 0 Å². The van der Waals surface area contributed by atoms with Crippen molar-refractivity contribution in [3.8, 4) is 0 Å². The molecule has 7 heteroatoms. The summed E-state index contributed by atoms with van der Waals surface area (Å²) in [5, 5.41) is 7.80. The fourth-order valence-electron chi connectivity index (χ4n) is 2.45. The van der Waals surface area contributed by atoms with Gasteiger partial charge in [-0.25, -0.2) is 9.37 Å². The maximum Gasteiger partial charge on any atom is 0.150 e. The summed E-state index contributed by atoms with van der Waals surface area (Å²) in [5.41, 5.74) is 8.80. The maximum absolute atomic E-state index is 14.3. The highest BCUT2D eigenvalue weighted by Crippen LogP contribution is 2.21. The Hall–Kier alpha value is -3.22. The normalized spacial score (nSPS) is 11.6. The fourth-order valence-corrected chi connectivity index (χ4v) is 2.45. The molecule has 0 aliphatic carbocycles. The number of nitrogens with two attached hydrogens (primary N) is 1. The molecule has 3 N–H and O–H groups in total. The van der Waals surface area contributed by atoms with Gasteiger partial charge >= 0.3 is 0 Å². The number of benzene rings is 1. The Balaban J connectivity index is 1.85. The molecule has 0 aliphatic heterocycles. The second-order valence-corrected chi connectivity index (χ2v) is 5.49. The molecule has 6 nitrogen and oxygen atoms in total. The third kappa shape index (κ3) is 3.65. The van der Waals surface area contributed by atoms with Gasteiger partial charge in [-0.2, -0.15) is 0 Å². The Bertz CT molecular complexity index is 942. The summed E-state index contributed by atoms with van der Waals surface area (Å²) in [7, 11) is 1.47. The first kappa shape index (κ1) is 16.6. The van der Waals surface area contributed by atoms with Gasteiger partial charge in [-0.05, 0) is 31.2 Å². The molecule has 1 aromatic carbocycles. The average molecular weight is 339 g/mol. The van der Waals surface area contributed by atoms with E-state index in [1.54, 1.807) is 31.3 Å². The van der Waals surface area contributed by atoms with Gasteiger partial charge in [0.2, 0.25) is 0 Å². The van der Waals surface area contributed by atoms with Crippen molar-refractivity contribution >= 4 is 28.1 Å². The van der Waals surface area contributed by atoms with E-state index in [9.17, 15) is 4.39 Å². The summed E-state index contributed by atoms with van der Waals surface area (Å²) < 4.78 is 14.3. The lowest BCUT2D eigenvalue weighted by molar-refractivity contribution is 0.213. The first-order valence-corrected chi connectivity index (χ1v) is 7.70. The molecule has 0 unspecified atom stereocenters. The van der Waals surface area contributed by atoms with Crippen LogP contribution >= 0.6 is 0 Å². The van der Waals surface area contributed by atoms with E-state index in [4.69, 9.17) is 10.6 Å². The Morgan fingerprint density at radius 2 is 2.16 bits per heavy atom. The highest BCUT2D eigenvalue weighted by atomic mass is 19.1. The van der Waals surface area contributed by atoms with Crippen LogP contribution < -0.4 is 11.1 Å². The molecule has 0 radical (unpaired) electrons. The van der Waals surface area contributed by atoms with E-state index < -0.39 is 0 Å². The second-order valence-electron chi connectivity index (χ2n) is 5.49. The summed E-state index contributed by atoms with van der Waals surface area (Å²) in [6, 6.07) is 10.4. The van der Waals surface area contributed by atoms with Crippen molar-refractivity contribution < 1.29 is 9.23 Å². The molecule has 0 spiro atoms. The highest BCUT2D eigenvalue weighted by molar-refractivity contribution is 5.97. The zero-order chi connectivity index (χ0) is 17.8. The Labute approximate surface area is 144 Å². The first-order valence-electron chi connectivity index (χ1n) is 7.70. The molecule has 0 saturated heterocycles. The number of fused-ring (bicyclic) bond motifs is 1. The van der Waals surface area contributed by atoms with Crippen LogP contribution in [-0.2, 0) is 11.4 Å². The minimum atomic E-state index is -0.328. The highest BCUT2D eigenvalue weighted by Gasteiger charge is 2.09. The molecule has 0 amide bonds. The standard InChI is InChI=1S/C18H18FN5O/c1-11(24-25-2)16-6-5-15(20)18(23-16)22-10-13-8-12-4-3-7-21-17(12)9-14(13)19/h3-9H,10,20H2,1-2H3,(H,22,23)/b24-11-. The Morgan fingerprint density at radius 1 is 1.32 bits per heavy atom. The monoisotopic (exact) mass is 339 g/mol. The third-order valence-corrected chi connectivity index (χ3v) is 3.74. The molecule has 128 valence electrons. The molecule has 3 aromatic rings. The summed E-state index contributed by atoms with van der Waals surface area (Å²) in [6.07, 6.45) is 1.64. The molecule has 2 aromatic heterocycles. The van der Waals surface area contributed by atoms with Crippen LogP contribution in [0.3, 0.4) is 0 Å². The topological polar surface area (TPSA) is 85.4 Å². The number of anilines is 2. The van der Waals surface area contributed by atoms with E-state index in [1.165, 1.54) is 13.2 Å². The molecule has 3 rings (SSSR count). The summed E-state index contributed by atoms with van der Waals surface area (Å²) in [4.78, 5) is 13.3. The van der Waals surface area contributed by atoms with Crippen LogP contribution in [-0.4, -0.2) is 22.8 Å². The molecule has 0 atom stereocenters. The van der Waals surface area contributed by atoms with Gasteiger partial charge in [0.15, 0.2) is 0 Å². The zero-order valence-corrected chi connectivity index (χ0v) is 14.0. The number of hydrogen-bond donors (Lipinski definition) is 2. The maximum atomic E-state index is 14.3. The molecule has 0 bridgehead atoms. The second kappa shape index (κ2) is 7.12. The number of nitrogens with zero attached hydrogens (tertiary/aromatic N) is 3. The van der Waals surface area contributed by atoms with Crippen molar-refractivity contribution in [3.05, 3.63) is 59.7 Å². The lowest BCUT2D eigenvalue weighted by atomic mass is 10.1. The van der Waals surface area contributed by atoms with Crippen LogP contribution in [0.2, 0.25) is 0 Å². The lowest BCUT2D eigenvalue weighted by Crippen LogP contribution is -2.09. The summed E-state index contributed by atoms with van der Waals surface area (Å²) in [5.74, 6) is 0.138. The van der Waals surface area contributed by atoms with E-state index in [1.807, 2.05) is 12.1 Å². The van der Waals surface area contributed by atoms with Crippen molar-refractivity contribution in [2.45, 2.75) is 13.5 Å². The van der Waals surface area contributed by atoms with Gasteiger partial charge in [0, 0.05) is 29.8 Å². The molecule has 0 saturated carbocycles. The van der Waals surface area contributed by atoms with E-state index >= 15 is 0 Å². The van der Waals surface area contributed by atoms with Crippen LogP contribution in [0.1, 0.15) is 18.2 Å². The van der Waals surface area contributed by atoms with Crippen molar-refractivity contribution in [2.24, 2.45) is 5.16 Å². The van der Waals surface area contributed by atoms with Crippen LogP contribution in [0.15, 0.2) is 47.8 Å². The van der Waals surface area contributed by atoms with Gasteiger partial charge < -0.3 is 15.9 Å².